The molecule has 0 heterocycles. The summed E-state index contributed by atoms with van der Waals surface area (Å²) < 4.78 is 32.2. The fourth-order valence-corrected chi connectivity index (χ4v) is 4.35. The Bertz CT molecular complexity index is 1120. The van der Waals surface area contributed by atoms with Gasteiger partial charge in [0.15, 0.2) is 0 Å². The number of hydrogen-bond donors (Lipinski definition) is 3. The minimum atomic E-state index is -3.32. The molecule has 0 saturated heterocycles. The van der Waals surface area contributed by atoms with Gasteiger partial charge in [0.25, 0.3) is 5.92 Å². The second kappa shape index (κ2) is 9.24. The van der Waals surface area contributed by atoms with Gasteiger partial charge < -0.3 is 20.5 Å². The predicted molar refractivity (Wildman–Crippen MR) is 119 cm³/mol. The average Bonchev–Trinajstić information content (AvgIpc) is 3.23. The molecule has 0 unspecified atom stereocenters. The van der Waals surface area contributed by atoms with E-state index in [1.165, 1.54) is 13.0 Å². The third kappa shape index (κ3) is 4.50. The summed E-state index contributed by atoms with van der Waals surface area (Å²) in [5.74, 6) is -8.77. The van der Waals surface area contributed by atoms with Crippen LogP contribution in [0.3, 0.4) is 0 Å². The Labute approximate surface area is 194 Å². The summed E-state index contributed by atoms with van der Waals surface area (Å²) in [5.41, 5.74) is 4.63. The number of fused-ring (bicyclic) bond motifs is 3. The molecule has 7 nitrogen and oxygen atoms in total. The molecular weight excluding hydrogens is 446 g/mol. The maximum absolute atomic E-state index is 13.4. The van der Waals surface area contributed by atoms with Crippen LogP contribution in [0, 0.1) is 11.8 Å². The van der Waals surface area contributed by atoms with Gasteiger partial charge in [0.1, 0.15) is 12.5 Å². The van der Waals surface area contributed by atoms with Crippen molar-refractivity contribution in [3.8, 4) is 11.1 Å². The fourth-order valence-electron chi connectivity index (χ4n) is 4.35. The van der Waals surface area contributed by atoms with Gasteiger partial charge in [-0.2, -0.15) is 0 Å². The lowest BCUT2D eigenvalue weighted by Crippen LogP contribution is -2.29. The number of amides is 2. The van der Waals surface area contributed by atoms with E-state index in [-0.39, 0.29) is 24.6 Å². The van der Waals surface area contributed by atoms with E-state index in [4.69, 9.17) is 9.84 Å². The number of hydrogen-bond acceptors (Lipinski definition) is 4. The Balaban J connectivity index is 1.24. The lowest BCUT2D eigenvalue weighted by molar-refractivity contribution is -0.141. The first-order valence-electron chi connectivity index (χ1n) is 10.9. The molecule has 2 amide bonds. The molecule has 2 atom stereocenters. The van der Waals surface area contributed by atoms with Crippen molar-refractivity contribution in [3.05, 3.63) is 71.3 Å². The number of benzene rings is 2. The normalized spacial score (nSPS) is 20.1. The van der Waals surface area contributed by atoms with E-state index in [2.05, 4.69) is 10.6 Å². The molecule has 1 saturated carbocycles. The van der Waals surface area contributed by atoms with Crippen LogP contribution in [0.2, 0.25) is 0 Å². The Morgan fingerprint density at radius 3 is 2.18 bits per heavy atom. The van der Waals surface area contributed by atoms with Gasteiger partial charge >= 0.3 is 12.1 Å². The molecule has 0 radical (unpaired) electrons. The van der Waals surface area contributed by atoms with Crippen LogP contribution in [0.25, 0.3) is 11.1 Å². The highest BCUT2D eigenvalue weighted by Gasteiger charge is 2.72. The summed E-state index contributed by atoms with van der Waals surface area (Å²) in [4.78, 5) is 35.0. The standard InChI is InChI=1S/C25H24F2N2O5/c1-14(22(30)29-12-20-21(23(31)32)25(20,26)27)10-11-28-24(33)34-13-19-17-8-4-2-6-15(17)16-7-3-5-9-18(16)19/h2-10,19-21H,11-13H2,1H3,(H,28,33)(H,29,30)(H,31,32)/b14-10+/t20-,21-/m1/s1. The monoisotopic (exact) mass is 470 g/mol. The number of aliphatic carboxylic acids is 1. The summed E-state index contributed by atoms with van der Waals surface area (Å²) in [6.45, 7) is 1.19. The average molecular weight is 470 g/mol. The van der Waals surface area contributed by atoms with E-state index in [0.717, 1.165) is 22.3 Å². The van der Waals surface area contributed by atoms with E-state index < -0.39 is 42.3 Å². The van der Waals surface area contributed by atoms with Gasteiger partial charge in [0.2, 0.25) is 5.91 Å². The van der Waals surface area contributed by atoms with Crippen molar-refractivity contribution in [2.45, 2.75) is 18.8 Å². The highest BCUT2D eigenvalue weighted by Crippen LogP contribution is 2.54. The maximum Gasteiger partial charge on any atom is 0.407 e. The van der Waals surface area contributed by atoms with Gasteiger partial charge in [0, 0.05) is 24.6 Å². The Morgan fingerprint density at radius 1 is 1.03 bits per heavy atom. The number of halogens is 2. The third-order valence-electron chi connectivity index (χ3n) is 6.31. The van der Waals surface area contributed by atoms with Crippen molar-refractivity contribution in [2.24, 2.45) is 11.8 Å². The minimum absolute atomic E-state index is 0.00721. The first-order chi connectivity index (χ1) is 16.2. The Kier molecular flexibility index (Phi) is 6.37. The first-order valence-corrected chi connectivity index (χ1v) is 10.9. The molecule has 2 aromatic carbocycles. The molecule has 3 N–H and O–H groups in total. The molecule has 34 heavy (non-hydrogen) atoms. The summed E-state index contributed by atoms with van der Waals surface area (Å²) in [6.07, 6.45) is 0.782. The lowest BCUT2D eigenvalue weighted by atomic mass is 9.98. The van der Waals surface area contributed by atoms with Crippen LogP contribution in [-0.2, 0) is 14.3 Å². The second-order valence-corrected chi connectivity index (χ2v) is 8.40. The highest BCUT2D eigenvalue weighted by atomic mass is 19.3. The van der Waals surface area contributed by atoms with Crippen LogP contribution in [-0.4, -0.2) is 48.7 Å². The van der Waals surface area contributed by atoms with E-state index >= 15 is 0 Å². The zero-order chi connectivity index (χ0) is 24.5. The van der Waals surface area contributed by atoms with Crippen molar-refractivity contribution in [2.75, 3.05) is 19.7 Å². The topological polar surface area (TPSA) is 105 Å². The van der Waals surface area contributed by atoms with Crippen LogP contribution in [0.1, 0.15) is 24.0 Å². The van der Waals surface area contributed by atoms with E-state index in [9.17, 15) is 23.2 Å². The minimum Gasteiger partial charge on any atom is -0.481 e. The molecule has 2 aromatic rings. The summed E-state index contributed by atoms with van der Waals surface area (Å²) in [5, 5.41) is 13.6. The van der Waals surface area contributed by atoms with Gasteiger partial charge in [-0.1, -0.05) is 54.6 Å². The number of carbonyl (C=O) groups excluding carboxylic acids is 2. The van der Waals surface area contributed by atoms with Crippen molar-refractivity contribution in [3.63, 3.8) is 0 Å². The maximum atomic E-state index is 13.4. The smallest absolute Gasteiger partial charge is 0.407 e. The van der Waals surface area contributed by atoms with Crippen LogP contribution in [0.4, 0.5) is 13.6 Å². The SMILES string of the molecule is C/C(=C\CNC(=O)OCC1c2ccccc2-c2ccccc21)C(=O)NC[C@@H]1[C@H](C(=O)O)C1(F)F. The van der Waals surface area contributed by atoms with Gasteiger partial charge in [-0.05, 0) is 29.2 Å². The van der Waals surface area contributed by atoms with Crippen molar-refractivity contribution < 1.29 is 33.0 Å². The Morgan fingerprint density at radius 2 is 1.62 bits per heavy atom. The predicted octanol–water partition coefficient (Wildman–Crippen LogP) is 3.55. The lowest BCUT2D eigenvalue weighted by Gasteiger charge is -2.14. The van der Waals surface area contributed by atoms with E-state index in [0.29, 0.717) is 0 Å². The molecular formula is C25H24F2N2O5. The van der Waals surface area contributed by atoms with Crippen LogP contribution < -0.4 is 10.6 Å². The number of carboxylic acids is 1. The van der Waals surface area contributed by atoms with Crippen molar-refractivity contribution in [1.82, 2.24) is 10.6 Å². The van der Waals surface area contributed by atoms with Crippen LogP contribution in [0.15, 0.2) is 60.2 Å². The van der Waals surface area contributed by atoms with Gasteiger partial charge in [-0.3, -0.25) is 9.59 Å². The number of rotatable bonds is 8. The van der Waals surface area contributed by atoms with Gasteiger partial charge in [-0.15, -0.1) is 0 Å². The molecule has 2 aliphatic carbocycles. The van der Waals surface area contributed by atoms with Gasteiger partial charge in [0.05, 0.1) is 5.92 Å². The molecule has 1 fully saturated rings. The summed E-state index contributed by atoms with van der Waals surface area (Å²) in [6, 6.07) is 15.9. The van der Waals surface area contributed by atoms with Gasteiger partial charge in [-0.25, -0.2) is 13.6 Å². The summed E-state index contributed by atoms with van der Waals surface area (Å²) >= 11 is 0. The van der Waals surface area contributed by atoms with E-state index in [1.807, 2.05) is 48.5 Å². The van der Waals surface area contributed by atoms with Crippen molar-refractivity contribution >= 4 is 18.0 Å². The zero-order valence-corrected chi connectivity index (χ0v) is 18.4. The molecule has 0 spiro atoms. The largest absolute Gasteiger partial charge is 0.481 e. The number of carbonyl (C=O) groups is 3. The van der Waals surface area contributed by atoms with Crippen molar-refractivity contribution in [1.29, 1.82) is 0 Å². The molecule has 9 heteroatoms. The van der Waals surface area contributed by atoms with Crippen LogP contribution >= 0.6 is 0 Å². The zero-order valence-electron chi connectivity index (χ0n) is 18.4. The molecule has 2 aliphatic rings. The summed E-state index contributed by atoms with van der Waals surface area (Å²) in [7, 11) is 0. The highest BCUT2D eigenvalue weighted by molar-refractivity contribution is 5.93. The molecule has 178 valence electrons. The Hall–Kier alpha value is -3.75. The number of nitrogens with one attached hydrogen (secondary N) is 2. The number of alkyl halides is 2. The molecule has 4 rings (SSSR count). The third-order valence-corrected chi connectivity index (χ3v) is 6.31. The quantitative estimate of drug-likeness (QED) is 0.512. The second-order valence-electron chi connectivity index (χ2n) is 8.40. The number of alkyl carbamates (subject to hydrolysis) is 1. The molecule has 0 bridgehead atoms. The number of ether oxygens (including phenoxy) is 1. The van der Waals surface area contributed by atoms with Crippen LogP contribution in [0.5, 0.6) is 0 Å². The number of carboxylic acid groups (broad SMARTS) is 1. The molecule has 0 aliphatic heterocycles. The first kappa shape index (κ1) is 23.4. The molecule has 0 aromatic heterocycles. The van der Waals surface area contributed by atoms with E-state index in [1.54, 1.807) is 0 Å². The fraction of sp³-hybridized carbons (Fsp3) is 0.320.